The van der Waals surface area contributed by atoms with Gasteiger partial charge in [-0.05, 0) is 26.2 Å². The summed E-state index contributed by atoms with van der Waals surface area (Å²) in [7, 11) is 0. The standard InChI is InChI=1S/C16H24N4O2S/c1-6-7-12-8-13(21)19-15(18-12)23-11(4)14(22)20-16(5,9-17)10(2)3/h8,10-11H,6-7H2,1-5H3,(H,20,22)(H,18,19,21)/t11-,16+/m0/s1. The minimum atomic E-state index is -0.920. The van der Waals surface area contributed by atoms with E-state index in [-0.39, 0.29) is 17.4 Å². The number of nitrogens with zero attached hydrogens (tertiary/aromatic N) is 2. The summed E-state index contributed by atoms with van der Waals surface area (Å²) < 4.78 is 0. The molecule has 0 bridgehead atoms. The molecule has 0 spiro atoms. The first kappa shape index (κ1) is 19.2. The van der Waals surface area contributed by atoms with E-state index in [0.29, 0.717) is 5.16 Å². The number of carbonyl (C=O) groups is 1. The van der Waals surface area contributed by atoms with Crippen LogP contribution in [0.25, 0.3) is 0 Å². The van der Waals surface area contributed by atoms with Crippen LogP contribution in [0.1, 0.15) is 46.7 Å². The highest BCUT2D eigenvalue weighted by atomic mass is 32.2. The van der Waals surface area contributed by atoms with E-state index in [2.05, 4.69) is 21.4 Å². The van der Waals surface area contributed by atoms with Crippen LogP contribution in [0.15, 0.2) is 16.0 Å². The second kappa shape index (κ2) is 8.16. The molecule has 0 radical (unpaired) electrons. The summed E-state index contributed by atoms with van der Waals surface area (Å²) >= 11 is 1.18. The predicted molar refractivity (Wildman–Crippen MR) is 91.2 cm³/mol. The lowest BCUT2D eigenvalue weighted by molar-refractivity contribution is -0.121. The summed E-state index contributed by atoms with van der Waals surface area (Å²) in [6.45, 7) is 9.21. The number of aromatic nitrogens is 2. The highest BCUT2D eigenvalue weighted by Gasteiger charge is 2.32. The lowest BCUT2D eigenvalue weighted by atomic mass is 9.90. The van der Waals surface area contributed by atoms with Crippen molar-refractivity contribution in [2.24, 2.45) is 5.92 Å². The molecule has 0 aliphatic heterocycles. The van der Waals surface area contributed by atoms with Crippen LogP contribution in [-0.4, -0.2) is 26.7 Å². The molecule has 2 atom stereocenters. The van der Waals surface area contributed by atoms with Crippen LogP contribution in [0.3, 0.4) is 0 Å². The Bertz CT molecular complexity index is 650. The fourth-order valence-electron chi connectivity index (χ4n) is 1.80. The predicted octanol–water partition coefficient (Wildman–Crippen LogP) is 2.26. The summed E-state index contributed by atoms with van der Waals surface area (Å²) in [4.78, 5) is 31.0. The fourth-order valence-corrected chi connectivity index (χ4v) is 2.63. The van der Waals surface area contributed by atoms with Gasteiger partial charge in [0.25, 0.3) is 5.56 Å². The van der Waals surface area contributed by atoms with E-state index in [1.54, 1.807) is 13.8 Å². The lowest BCUT2D eigenvalue weighted by Crippen LogP contribution is -2.51. The summed E-state index contributed by atoms with van der Waals surface area (Å²) in [5.41, 5.74) is -0.422. The Morgan fingerprint density at radius 2 is 2.17 bits per heavy atom. The van der Waals surface area contributed by atoms with Gasteiger partial charge >= 0.3 is 0 Å². The number of rotatable bonds is 7. The Balaban J connectivity index is 2.83. The molecule has 0 fully saturated rings. The SMILES string of the molecule is CCCc1cc(=O)[nH]c(S[C@@H](C)C(=O)N[C@](C)(C#N)C(C)C)n1. The average molecular weight is 336 g/mol. The lowest BCUT2D eigenvalue weighted by Gasteiger charge is -2.28. The van der Waals surface area contributed by atoms with Gasteiger partial charge in [0.1, 0.15) is 5.54 Å². The summed E-state index contributed by atoms with van der Waals surface area (Å²) in [6, 6.07) is 3.62. The smallest absolute Gasteiger partial charge is 0.251 e. The zero-order valence-corrected chi connectivity index (χ0v) is 15.1. The molecule has 1 amide bonds. The number of hydrogen-bond acceptors (Lipinski definition) is 5. The zero-order chi connectivity index (χ0) is 17.6. The Labute approximate surface area is 141 Å². The monoisotopic (exact) mass is 336 g/mol. The fraction of sp³-hybridized carbons (Fsp3) is 0.625. The van der Waals surface area contributed by atoms with Crippen LogP contribution in [0, 0.1) is 17.2 Å². The molecule has 1 rings (SSSR count). The van der Waals surface area contributed by atoms with Gasteiger partial charge in [0.2, 0.25) is 5.91 Å². The molecule has 0 saturated carbocycles. The van der Waals surface area contributed by atoms with Gasteiger partial charge in [-0.3, -0.25) is 9.59 Å². The highest BCUT2D eigenvalue weighted by molar-refractivity contribution is 8.00. The van der Waals surface area contributed by atoms with Gasteiger partial charge in [-0.15, -0.1) is 0 Å². The van der Waals surface area contributed by atoms with E-state index in [9.17, 15) is 14.9 Å². The zero-order valence-electron chi connectivity index (χ0n) is 14.3. The molecule has 126 valence electrons. The third kappa shape index (κ3) is 5.39. The molecule has 6 nitrogen and oxygen atoms in total. The molecule has 0 aromatic carbocycles. The minimum Gasteiger partial charge on any atom is -0.337 e. The molecular formula is C16H24N4O2S. The van der Waals surface area contributed by atoms with Crippen molar-refractivity contribution >= 4 is 17.7 Å². The van der Waals surface area contributed by atoms with Crippen molar-refractivity contribution in [3.8, 4) is 6.07 Å². The second-order valence-corrected chi connectivity index (χ2v) is 7.34. The maximum absolute atomic E-state index is 12.3. The number of aromatic amines is 1. The van der Waals surface area contributed by atoms with E-state index >= 15 is 0 Å². The quantitative estimate of drug-likeness (QED) is 0.588. The van der Waals surface area contributed by atoms with Crippen molar-refractivity contribution in [2.45, 2.75) is 63.4 Å². The number of nitriles is 1. The number of H-pyrrole nitrogens is 1. The normalized spacial score (nSPS) is 14.8. The summed E-state index contributed by atoms with van der Waals surface area (Å²) in [5.74, 6) is -0.268. The van der Waals surface area contributed by atoms with Crippen LogP contribution >= 0.6 is 11.8 Å². The molecule has 7 heteroatoms. The molecule has 1 heterocycles. The molecule has 23 heavy (non-hydrogen) atoms. The third-order valence-corrected chi connectivity index (χ3v) is 4.69. The van der Waals surface area contributed by atoms with E-state index in [0.717, 1.165) is 18.5 Å². The van der Waals surface area contributed by atoms with Crippen molar-refractivity contribution in [2.75, 3.05) is 0 Å². The minimum absolute atomic E-state index is 0.0144. The number of nitrogens with one attached hydrogen (secondary N) is 2. The van der Waals surface area contributed by atoms with Gasteiger partial charge in [-0.2, -0.15) is 5.26 Å². The molecule has 1 aromatic heterocycles. The summed E-state index contributed by atoms with van der Waals surface area (Å²) in [6.07, 6.45) is 1.61. The van der Waals surface area contributed by atoms with Crippen molar-refractivity contribution in [3.05, 3.63) is 22.1 Å². The van der Waals surface area contributed by atoms with Crippen LogP contribution < -0.4 is 10.9 Å². The Morgan fingerprint density at radius 3 is 2.70 bits per heavy atom. The number of carbonyl (C=O) groups excluding carboxylic acids is 1. The molecule has 0 aliphatic rings. The molecule has 0 saturated heterocycles. The van der Waals surface area contributed by atoms with Crippen LogP contribution in [-0.2, 0) is 11.2 Å². The molecule has 2 N–H and O–H groups in total. The average Bonchev–Trinajstić information content (AvgIpc) is 2.46. The van der Waals surface area contributed by atoms with Crippen LogP contribution in [0.4, 0.5) is 0 Å². The van der Waals surface area contributed by atoms with E-state index in [1.165, 1.54) is 17.8 Å². The Hall–Kier alpha value is -1.81. The van der Waals surface area contributed by atoms with Gasteiger partial charge < -0.3 is 10.3 Å². The third-order valence-electron chi connectivity index (χ3n) is 3.71. The Kier molecular flexibility index (Phi) is 6.82. The Morgan fingerprint density at radius 1 is 1.52 bits per heavy atom. The van der Waals surface area contributed by atoms with Gasteiger partial charge in [0.15, 0.2) is 5.16 Å². The first-order valence-electron chi connectivity index (χ1n) is 7.72. The summed E-state index contributed by atoms with van der Waals surface area (Å²) in [5, 5.41) is 12.0. The second-order valence-electron chi connectivity index (χ2n) is 6.01. The van der Waals surface area contributed by atoms with Gasteiger partial charge in [-0.25, -0.2) is 4.98 Å². The van der Waals surface area contributed by atoms with Crippen molar-refractivity contribution in [1.29, 1.82) is 5.26 Å². The largest absolute Gasteiger partial charge is 0.337 e. The molecular weight excluding hydrogens is 312 g/mol. The number of aryl methyl sites for hydroxylation is 1. The molecule has 1 aromatic rings. The van der Waals surface area contributed by atoms with Crippen molar-refractivity contribution in [3.63, 3.8) is 0 Å². The first-order chi connectivity index (χ1) is 10.7. The number of thioether (sulfide) groups is 1. The van der Waals surface area contributed by atoms with Gasteiger partial charge in [0, 0.05) is 11.8 Å². The van der Waals surface area contributed by atoms with Gasteiger partial charge in [-0.1, -0.05) is 39.0 Å². The number of hydrogen-bond donors (Lipinski definition) is 2. The topological polar surface area (TPSA) is 98.6 Å². The maximum atomic E-state index is 12.3. The van der Waals surface area contributed by atoms with E-state index < -0.39 is 10.8 Å². The van der Waals surface area contributed by atoms with Gasteiger partial charge in [0.05, 0.1) is 11.3 Å². The van der Waals surface area contributed by atoms with E-state index in [1.807, 2.05) is 20.8 Å². The van der Waals surface area contributed by atoms with Crippen molar-refractivity contribution < 1.29 is 4.79 Å². The molecule has 0 unspecified atom stereocenters. The van der Waals surface area contributed by atoms with Crippen LogP contribution in [0.2, 0.25) is 0 Å². The maximum Gasteiger partial charge on any atom is 0.251 e. The highest BCUT2D eigenvalue weighted by Crippen LogP contribution is 2.21. The van der Waals surface area contributed by atoms with E-state index in [4.69, 9.17) is 0 Å². The van der Waals surface area contributed by atoms with Crippen molar-refractivity contribution in [1.82, 2.24) is 15.3 Å². The first-order valence-corrected chi connectivity index (χ1v) is 8.60. The number of amides is 1. The molecule has 0 aliphatic carbocycles. The van der Waals surface area contributed by atoms with Crippen LogP contribution in [0.5, 0.6) is 0 Å².